The van der Waals surface area contributed by atoms with E-state index in [1.165, 1.54) is 7.11 Å². The summed E-state index contributed by atoms with van der Waals surface area (Å²) in [5.41, 5.74) is 2.89. The summed E-state index contributed by atoms with van der Waals surface area (Å²) in [7, 11) is 1.37. The van der Waals surface area contributed by atoms with Gasteiger partial charge in [0.05, 0.1) is 12.0 Å². The first-order valence-electron chi connectivity index (χ1n) is 4.33. The zero-order valence-corrected chi connectivity index (χ0v) is 9.13. The van der Waals surface area contributed by atoms with Crippen LogP contribution in [-0.4, -0.2) is 24.8 Å². The molecule has 14 heavy (non-hydrogen) atoms. The van der Waals surface area contributed by atoms with Crippen molar-refractivity contribution in [3.8, 4) is 0 Å². The van der Waals surface area contributed by atoms with Crippen LogP contribution in [0.1, 0.15) is 10.6 Å². The van der Waals surface area contributed by atoms with Crippen molar-refractivity contribution in [2.45, 2.75) is 19.9 Å². The summed E-state index contributed by atoms with van der Waals surface area (Å²) in [4.78, 5) is 12.1. The zero-order valence-electron chi connectivity index (χ0n) is 8.32. The molecular weight excluding hydrogens is 202 g/mol. The largest absolute Gasteiger partial charge is 0.464 e. The second-order valence-corrected chi connectivity index (χ2v) is 3.85. The normalized spacial score (nSPS) is 10.2. The second kappa shape index (κ2) is 5.07. The van der Waals surface area contributed by atoms with Crippen molar-refractivity contribution >= 4 is 17.3 Å². The Morgan fingerprint density at radius 3 is 3.00 bits per heavy atom. The first kappa shape index (κ1) is 11.1. The summed E-state index contributed by atoms with van der Waals surface area (Å²) < 4.78 is 6.41. The summed E-state index contributed by atoms with van der Waals surface area (Å²) >= 11 is 1.55. The van der Waals surface area contributed by atoms with E-state index < -0.39 is 0 Å². The lowest BCUT2D eigenvalue weighted by molar-refractivity contribution is -0.687. The quantitative estimate of drug-likeness (QED) is 0.571. The smallest absolute Gasteiger partial charge is 0.372 e. The number of carbonyl (C=O) groups is 1. The predicted molar refractivity (Wildman–Crippen MR) is 52.1 cm³/mol. The van der Waals surface area contributed by atoms with E-state index in [2.05, 4.69) is 4.74 Å². The van der Waals surface area contributed by atoms with E-state index in [0.29, 0.717) is 6.42 Å². The molecule has 0 atom stereocenters. The molecular formula is C9H14NO3S+. The number of esters is 1. The molecule has 0 aliphatic heterocycles. The lowest BCUT2D eigenvalue weighted by atomic mass is 10.3. The third-order valence-electron chi connectivity index (χ3n) is 2.02. The van der Waals surface area contributed by atoms with Crippen LogP contribution in [-0.2, 0) is 22.5 Å². The minimum Gasteiger partial charge on any atom is -0.464 e. The molecule has 0 unspecified atom stereocenters. The van der Waals surface area contributed by atoms with Crippen LogP contribution in [0.4, 0.5) is 0 Å². The van der Waals surface area contributed by atoms with Crippen LogP contribution in [0.2, 0.25) is 0 Å². The van der Waals surface area contributed by atoms with E-state index in [4.69, 9.17) is 5.11 Å². The Bertz CT molecular complexity index is 322. The molecule has 0 bridgehead atoms. The van der Waals surface area contributed by atoms with E-state index in [-0.39, 0.29) is 19.1 Å². The number of hydrogen-bond donors (Lipinski definition) is 1. The first-order valence-corrected chi connectivity index (χ1v) is 5.21. The molecule has 0 aliphatic carbocycles. The Hall–Kier alpha value is -0.940. The van der Waals surface area contributed by atoms with E-state index >= 15 is 0 Å². The zero-order chi connectivity index (χ0) is 10.6. The summed E-state index contributed by atoms with van der Waals surface area (Å²) in [6, 6.07) is 0. The van der Waals surface area contributed by atoms with Crippen molar-refractivity contribution in [3.63, 3.8) is 0 Å². The number of methoxy groups -OCH3 is 1. The highest BCUT2D eigenvalue weighted by Crippen LogP contribution is 2.10. The molecule has 1 aromatic heterocycles. The first-order chi connectivity index (χ1) is 6.69. The minimum atomic E-state index is -0.258. The number of rotatable bonds is 4. The molecule has 0 aromatic carbocycles. The maximum atomic E-state index is 11.0. The van der Waals surface area contributed by atoms with Crippen molar-refractivity contribution in [2.75, 3.05) is 13.7 Å². The second-order valence-electron chi connectivity index (χ2n) is 2.91. The molecule has 4 nitrogen and oxygen atoms in total. The van der Waals surface area contributed by atoms with Crippen LogP contribution in [0.5, 0.6) is 0 Å². The standard InChI is InChI=1S/C9H14NO3S/c1-7-8(3-4-11)14-6-10(7)5-9(12)13-2/h6,11H,3-5H2,1-2H3/q+1. The van der Waals surface area contributed by atoms with Crippen LogP contribution in [0.25, 0.3) is 0 Å². The van der Waals surface area contributed by atoms with Crippen molar-refractivity contribution in [2.24, 2.45) is 0 Å². The van der Waals surface area contributed by atoms with Crippen LogP contribution in [0.15, 0.2) is 5.51 Å². The Labute approximate surface area is 86.8 Å². The van der Waals surface area contributed by atoms with Gasteiger partial charge in [0.1, 0.15) is 0 Å². The molecule has 0 saturated heterocycles. The molecule has 1 rings (SSSR count). The third kappa shape index (κ3) is 2.52. The number of aliphatic hydroxyl groups excluding tert-OH is 1. The average Bonchev–Trinajstić information content (AvgIpc) is 2.50. The fraction of sp³-hybridized carbons (Fsp3) is 0.556. The van der Waals surface area contributed by atoms with Gasteiger partial charge in [0.15, 0.2) is 5.69 Å². The third-order valence-corrected chi connectivity index (χ3v) is 3.17. The van der Waals surface area contributed by atoms with Gasteiger partial charge in [0.25, 0.3) is 0 Å². The fourth-order valence-electron chi connectivity index (χ4n) is 1.15. The Morgan fingerprint density at radius 1 is 1.71 bits per heavy atom. The molecule has 1 N–H and O–H groups in total. The van der Waals surface area contributed by atoms with Crippen molar-refractivity contribution in [3.05, 3.63) is 16.1 Å². The highest BCUT2D eigenvalue weighted by Gasteiger charge is 2.17. The SMILES string of the molecule is COC(=O)C[n+]1csc(CCO)c1C. The van der Waals surface area contributed by atoms with E-state index in [0.717, 1.165) is 10.6 Å². The van der Waals surface area contributed by atoms with Gasteiger partial charge in [-0.25, -0.2) is 4.79 Å². The van der Waals surface area contributed by atoms with Gasteiger partial charge in [-0.2, -0.15) is 4.57 Å². The van der Waals surface area contributed by atoms with Crippen molar-refractivity contribution in [1.82, 2.24) is 0 Å². The molecule has 1 aromatic rings. The topological polar surface area (TPSA) is 50.4 Å². The van der Waals surface area contributed by atoms with Crippen LogP contribution >= 0.6 is 11.3 Å². The predicted octanol–water partition coefficient (Wildman–Crippen LogP) is 0.0518. The molecule has 5 heteroatoms. The van der Waals surface area contributed by atoms with Gasteiger partial charge in [-0.15, -0.1) is 0 Å². The van der Waals surface area contributed by atoms with Crippen molar-refractivity contribution in [1.29, 1.82) is 0 Å². The lowest BCUT2D eigenvalue weighted by Gasteiger charge is -1.95. The monoisotopic (exact) mass is 216 g/mol. The molecule has 1 heterocycles. The lowest BCUT2D eigenvalue weighted by Crippen LogP contribution is -2.39. The van der Waals surface area contributed by atoms with Gasteiger partial charge in [-0.05, 0) is 0 Å². The molecule has 78 valence electrons. The van der Waals surface area contributed by atoms with Crippen LogP contribution in [0, 0.1) is 6.92 Å². The summed E-state index contributed by atoms with van der Waals surface area (Å²) in [6.45, 7) is 2.31. The van der Waals surface area contributed by atoms with Gasteiger partial charge < -0.3 is 9.84 Å². The van der Waals surface area contributed by atoms with Crippen LogP contribution < -0.4 is 4.57 Å². The van der Waals surface area contributed by atoms with E-state index in [1.54, 1.807) is 11.3 Å². The Kier molecular flexibility index (Phi) is 4.03. The summed E-state index contributed by atoms with van der Waals surface area (Å²) in [5, 5.41) is 8.79. The maximum Gasteiger partial charge on any atom is 0.372 e. The highest BCUT2D eigenvalue weighted by molar-refractivity contribution is 7.09. The van der Waals surface area contributed by atoms with Gasteiger partial charge in [-0.1, -0.05) is 11.3 Å². The number of hydrogen-bond acceptors (Lipinski definition) is 4. The van der Waals surface area contributed by atoms with Gasteiger partial charge >= 0.3 is 5.97 Å². The molecule has 0 fully saturated rings. The average molecular weight is 216 g/mol. The van der Waals surface area contributed by atoms with Crippen molar-refractivity contribution < 1.29 is 19.2 Å². The Balaban J connectivity index is 2.74. The highest BCUT2D eigenvalue weighted by atomic mass is 32.1. The Morgan fingerprint density at radius 2 is 2.43 bits per heavy atom. The molecule has 0 aliphatic rings. The van der Waals surface area contributed by atoms with Gasteiger partial charge in [-0.3, -0.25) is 0 Å². The van der Waals surface area contributed by atoms with Gasteiger partial charge in [0, 0.05) is 20.0 Å². The fourth-order valence-corrected chi connectivity index (χ4v) is 2.14. The minimum absolute atomic E-state index is 0.138. The maximum absolute atomic E-state index is 11.0. The molecule has 0 amide bonds. The van der Waals surface area contributed by atoms with E-state index in [9.17, 15) is 4.79 Å². The summed E-state index contributed by atoms with van der Waals surface area (Å²) in [6.07, 6.45) is 0.644. The van der Waals surface area contributed by atoms with E-state index in [1.807, 2.05) is 17.0 Å². The van der Waals surface area contributed by atoms with Crippen LogP contribution in [0.3, 0.4) is 0 Å². The molecule has 0 saturated carbocycles. The number of ether oxygens (including phenoxy) is 1. The summed E-state index contributed by atoms with van der Waals surface area (Å²) in [5.74, 6) is -0.258. The number of aliphatic hydroxyl groups is 1. The number of aromatic nitrogens is 1. The molecule has 0 radical (unpaired) electrons. The number of thiazole rings is 1. The van der Waals surface area contributed by atoms with Gasteiger partial charge in [0.2, 0.25) is 12.1 Å². The number of nitrogens with zero attached hydrogens (tertiary/aromatic N) is 1. The molecule has 0 spiro atoms. The number of carbonyl (C=O) groups excluding carboxylic acids is 1.